The Labute approximate surface area is 147 Å². The molecule has 4 atom stereocenters. The predicted molar refractivity (Wildman–Crippen MR) is 97.1 cm³/mol. The van der Waals surface area contributed by atoms with Gasteiger partial charge in [-0.15, -0.1) is 0 Å². The Morgan fingerprint density at radius 3 is 2.67 bits per heavy atom. The van der Waals surface area contributed by atoms with E-state index in [2.05, 4.69) is 24.4 Å². The molecule has 138 valence electrons. The van der Waals surface area contributed by atoms with Gasteiger partial charge in [0.15, 0.2) is 0 Å². The summed E-state index contributed by atoms with van der Waals surface area (Å²) in [6, 6.07) is 0. The maximum absolute atomic E-state index is 10.5. The van der Waals surface area contributed by atoms with Crippen molar-refractivity contribution in [3.8, 4) is 0 Å². The molecule has 0 aliphatic carbocycles. The first-order valence-corrected chi connectivity index (χ1v) is 9.95. The fourth-order valence-corrected chi connectivity index (χ4v) is 4.17. The van der Waals surface area contributed by atoms with Crippen LogP contribution in [0.25, 0.3) is 0 Å². The van der Waals surface area contributed by atoms with E-state index in [1.807, 2.05) is 0 Å². The SMILES string of the molecule is CCCCCCNC[C@@H]1[C@@H](CC=CCCCC(=O)O)[C@H]2CC[C@@H]1O2. The summed E-state index contributed by atoms with van der Waals surface area (Å²) in [5.41, 5.74) is 0. The minimum absolute atomic E-state index is 0.270. The van der Waals surface area contributed by atoms with Gasteiger partial charge in [-0.1, -0.05) is 38.3 Å². The van der Waals surface area contributed by atoms with Crippen LogP contribution in [-0.4, -0.2) is 36.4 Å². The average Bonchev–Trinajstić information content (AvgIpc) is 3.15. The van der Waals surface area contributed by atoms with Gasteiger partial charge in [0.2, 0.25) is 0 Å². The van der Waals surface area contributed by atoms with E-state index in [-0.39, 0.29) is 6.42 Å². The lowest BCUT2D eigenvalue weighted by molar-refractivity contribution is -0.137. The standard InChI is InChI=1S/C20H35NO3/c1-2-3-4-9-14-21-15-17-16(18-12-13-19(17)24-18)10-7-5-6-8-11-20(22)23/h5,7,16-19,21H,2-4,6,8-15H2,1H3,(H,22,23)/t16-,17-,18-,19+/m1/s1. The van der Waals surface area contributed by atoms with E-state index in [0.717, 1.165) is 32.4 Å². The highest BCUT2D eigenvalue weighted by Crippen LogP contribution is 2.44. The second-order valence-electron chi connectivity index (χ2n) is 7.38. The minimum atomic E-state index is -0.699. The van der Waals surface area contributed by atoms with Gasteiger partial charge in [-0.2, -0.15) is 0 Å². The second-order valence-corrected chi connectivity index (χ2v) is 7.38. The van der Waals surface area contributed by atoms with E-state index < -0.39 is 5.97 Å². The van der Waals surface area contributed by atoms with Crippen LogP contribution in [-0.2, 0) is 9.53 Å². The van der Waals surface area contributed by atoms with Crippen molar-refractivity contribution < 1.29 is 14.6 Å². The van der Waals surface area contributed by atoms with Gasteiger partial charge >= 0.3 is 5.97 Å². The fourth-order valence-electron chi connectivity index (χ4n) is 4.17. The van der Waals surface area contributed by atoms with E-state index in [1.165, 1.54) is 38.5 Å². The zero-order valence-electron chi connectivity index (χ0n) is 15.2. The number of hydrogen-bond acceptors (Lipinski definition) is 3. The van der Waals surface area contributed by atoms with Crippen LogP contribution in [0, 0.1) is 11.8 Å². The molecule has 2 N–H and O–H groups in total. The zero-order valence-corrected chi connectivity index (χ0v) is 15.2. The average molecular weight is 338 g/mol. The maximum atomic E-state index is 10.5. The lowest BCUT2D eigenvalue weighted by Crippen LogP contribution is -2.35. The molecule has 0 unspecified atom stereocenters. The van der Waals surface area contributed by atoms with Gasteiger partial charge in [-0.3, -0.25) is 4.79 Å². The van der Waals surface area contributed by atoms with Crippen LogP contribution in [0.5, 0.6) is 0 Å². The van der Waals surface area contributed by atoms with Crippen molar-refractivity contribution in [1.29, 1.82) is 0 Å². The Kier molecular flexibility index (Phi) is 8.82. The number of ether oxygens (including phenoxy) is 1. The van der Waals surface area contributed by atoms with E-state index in [4.69, 9.17) is 9.84 Å². The number of unbranched alkanes of at least 4 members (excludes halogenated alkanes) is 4. The lowest BCUT2D eigenvalue weighted by atomic mass is 9.77. The van der Waals surface area contributed by atoms with Crippen molar-refractivity contribution in [1.82, 2.24) is 5.32 Å². The number of carbonyl (C=O) groups is 1. The third-order valence-corrected chi connectivity index (χ3v) is 5.51. The molecule has 2 heterocycles. The van der Waals surface area contributed by atoms with Crippen molar-refractivity contribution in [3.63, 3.8) is 0 Å². The molecule has 0 aromatic carbocycles. The summed E-state index contributed by atoms with van der Waals surface area (Å²) in [4.78, 5) is 10.5. The van der Waals surface area contributed by atoms with Gasteiger partial charge in [0.1, 0.15) is 0 Å². The van der Waals surface area contributed by atoms with Gasteiger partial charge in [0.25, 0.3) is 0 Å². The molecule has 0 spiro atoms. The van der Waals surface area contributed by atoms with E-state index in [0.29, 0.717) is 24.0 Å². The summed E-state index contributed by atoms with van der Waals surface area (Å²) in [5.74, 6) is 0.594. The van der Waals surface area contributed by atoms with Crippen molar-refractivity contribution >= 4 is 5.97 Å². The Morgan fingerprint density at radius 2 is 1.92 bits per heavy atom. The molecule has 2 fully saturated rings. The highest BCUT2D eigenvalue weighted by Gasteiger charge is 2.47. The van der Waals surface area contributed by atoms with Crippen LogP contribution in [0.1, 0.15) is 71.1 Å². The molecule has 0 aromatic rings. The highest BCUT2D eigenvalue weighted by molar-refractivity contribution is 5.66. The van der Waals surface area contributed by atoms with Gasteiger partial charge in [-0.25, -0.2) is 0 Å². The first-order chi connectivity index (χ1) is 11.7. The molecule has 4 heteroatoms. The number of aliphatic carboxylic acids is 1. The van der Waals surface area contributed by atoms with Gasteiger partial charge < -0.3 is 15.2 Å². The normalized spacial score (nSPS) is 28.9. The number of rotatable bonds is 13. The van der Waals surface area contributed by atoms with Crippen molar-refractivity contribution in [3.05, 3.63) is 12.2 Å². The molecule has 2 aliphatic rings. The number of allylic oxidation sites excluding steroid dienone is 2. The zero-order chi connectivity index (χ0) is 17.2. The first-order valence-electron chi connectivity index (χ1n) is 9.95. The quantitative estimate of drug-likeness (QED) is 0.391. The number of carboxylic acids is 1. The minimum Gasteiger partial charge on any atom is -0.481 e. The molecule has 2 rings (SSSR count). The van der Waals surface area contributed by atoms with Crippen LogP contribution < -0.4 is 5.32 Å². The third kappa shape index (κ3) is 6.21. The fraction of sp³-hybridized carbons (Fsp3) is 0.850. The third-order valence-electron chi connectivity index (χ3n) is 5.51. The van der Waals surface area contributed by atoms with Gasteiger partial charge in [0, 0.05) is 18.9 Å². The van der Waals surface area contributed by atoms with Crippen molar-refractivity contribution in [2.75, 3.05) is 13.1 Å². The summed E-state index contributed by atoms with van der Waals surface area (Å²) >= 11 is 0. The van der Waals surface area contributed by atoms with Crippen molar-refractivity contribution in [2.24, 2.45) is 11.8 Å². The number of carboxylic acid groups (broad SMARTS) is 1. The lowest BCUT2D eigenvalue weighted by Gasteiger charge is -2.27. The predicted octanol–water partition coefficient (Wildman–Crippen LogP) is 4.15. The first kappa shape index (κ1) is 19.5. The second kappa shape index (κ2) is 10.9. The smallest absolute Gasteiger partial charge is 0.303 e. The molecule has 0 saturated carbocycles. The summed E-state index contributed by atoms with van der Waals surface area (Å²) in [6.45, 7) is 4.47. The molecular weight excluding hydrogens is 302 g/mol. The summed E-state index contributed by atoms with van der Waals surface area (Å²) in [5, 5.41) is 12.3. The molecule has 4 nitrogen and oxygen atoms in total. The Balaban J connectivity index is 1.65. The van der Waals surface area contributed by atoms with E-state index in [1.54, 1.807) is 0 Å². The van der Waals surface area contributed by atoms with Crippen LogP contribution in [0.4, 0.5) is 0 Å². The Hall–Kier alpha value is -0.870. The van der Waals surface area contributed by atoms with Crippen LogP contribution >= 0.6 is 0 Å². The molecular formula is C20H35NO3. The number of nitrogens with one attached hydrogen (secondary N) is 1. The van der Waals surface area contributed by atoms with Crippen LogP contribution in [0.15, 0.2) is 12.2 Å². The summed E-state index contributed by atoms with van der Waals surface area (Å²) < 4.78 is 6.15. The summed E-state index contributed by atoms with van der Waals surface area (Å²) in [6.07, 6.45) is 16.0. The van der Waals surface area contributed by atoms with Crippen molar-refractivity contribution in [2.45, 2.75) is 83.3 Å². The molecule has 24 heavy (non-hydrogen) atoms. The molecule has 0 amide bonds. The number of fused-ring (bicyclic) bond motifs is 2. The Morgan fingerprint density at radius 1 is 1.12 bits per heavy atom. The number of hydrogen-bond donors (Lipinski definition) is 2. The largest absolute Gasteiger partial charge is 0.481 e. The Bertz CT molecular complexity index is 396. The summed E-state index contributed by atoms with van der Waals surface area (Å²) in [7, 11) is 0. The topological polar surface area (TPSA) is 58.6 Å². The van der Waals surface area contributed by atoms with Crippen LogP contribution in [0.2, 0.25) is 0 Å². The van der Waals surface area contributed by atoms with E-state index >= 15 is 0 Å². The molecule has 2 bridgehead atoms. The molecule has 0 aromatic heterocycles. The molecule has 0 radical (unpaired) electrons. The monoisotopic (exact) mass is 337 g/mol. The molecule has 2 aliphatic heterocycles. The maximum Gasteiger partial charge on any atom is 0.303 e. The highest BCUT2D eigenvalue weighted by atomic mass is 16.5. The molecule has 2 saturated heterocycles. The van der Waals surface area contributed by atoms with E-state index in [9.17, 15) is 4.79 Å². The van der Waals surface area contributed by atoms with Gasteiger partial charge in [-0.05, 0) is 51.0 Å². The van der Waals surface area contributed by atoms with Gasteiger partial charge in [0.05, 0.1) is 12.2 Å². The van der Waals surface area contributed by atoms with Crippen LogP contribution in [0.3, 0.4) is 0 Å².